The number of rotatable bonds is 24. The third kappa shape index (κ3) is 13.0. The van der Waals surface area contributed by atoms with Crippen molar-refractivity contribution < 1.29 is 48.6 Å². The van der Waals surface area contributed by atoms with Gasteiger partial charge >= 0.3 is 11.9 Å². The zero-order valence-electron chi connectivity index (χ0n) is 37.4. The van der Waals surface area contributed by atoms with E-state index in [1.165, 1.54) is 19.4 Å². The normalized spacial score (nSPS) is 14.9. The van der Waals surface area contributed by atoms with E-state index in [2.05, 4.69) is 51.8 Å². The molecule has 6 amide bonds. The minimum absolute atomic E-state index is 0.0416. The molecule has 8 atom stereocenters. The average Bonchev–Trinajstić information content (AvgIpc) is 4.06. The summed E-state index contributed by atoms with van der Waals surface area (Å²) in [6, 6.07) is 6.39. The maximum Gasteiger partial charge on any atom is 0.326 e. The van der Waals surface area contributed by atoms with Crippen molar-refractivity contribution in [2.75, 3.05) is 0 Å². The molecule has 0 aliphatic heterocycles. The molecule has 0 saturated carbocycles. The predicted octanol–water partition coefficient (Wildman–Crippen LogP) is 1.98. The molecule has 352 valence electrons. The summed E-state index contributed by atoms with van der Waals surface area (Å²) in [5.74, 6) is -8.66. The number of carbonyl (C=O) groups is 8. The molecule has 0 aliphatic rings. The highest BCUT2D eigenvalue weighted by Crippen LogP contribution is 2.21. The van der Waals surface area contributed by atoms with Crippen LogP contribution in [0.2, 0.25) is 0 Å². The zero-order chi connectivity index (χ0) is 48.1. The minimum atomic E-state index is -1.76. The molecule has 20 nitrogen and oxygen atoms in total. The van der Waals surface area contributed by atoms with Crippen LogP contribution in [0.5, 0.6) is 0 Å². The molecule has 11 N–H and O–H groups in total. The number of hydrogen-bond acceptors (Lipinski definition) is 9. The van der Waals surface area contributed by atoms with Gasteiger partial charge in [-0.1, -0.05) is 76.9 Å². The van der Waals surface area contributed by atoms with E-state index in [-0.39, 0.29) is 19.3 Å². The van der Waals surface area contributed by atoms with Crippen LogP contribution in [-0.4, -0.2) is 114 Å². The lowest BCUT2D eigenvalue weighted by Crippen LogP contribution is -2.61. The van der Waals surface area contributed by atoms with Crippen LogP contribution in [0.3, 0.4) is 0 Å². The van der Waals surface area contributed by atoms with Crippen molar-refractivity contribution in [3.63, 3.8) is 0 Å². The number of imidazole rings is 1. The first-order valence-electron chi connectivity index (χ1n) is 21.8. The Morgan fingerprint density at radius 1 is 0.576 bits per heavy atom. The predicted molar refractivity (Wildman–Crippen MR) is 242 cm³/mol. The van der Waals surface area contributed by atoms with Gasteiger partial charge in [-0.3, -0.25) is 33.6 Å². The van der Waals surface area contributed by atoms with Gasteiger partial charge in [0.1, 0.15) is 36.3 Å². The highest BCUT2D eigenvalue weighted by Gasteiger charge is 2.37. The van der Waals surface area contributed by atoms with E-state index < -0.39 is 102 Å². The van der Waals surface area contributed by atoms with E-state index >= 15 is 0 Å². The number of aromatic nitrogens is 4. The Kier molecular flexibility index (Phi) is 17.2. The molecule has 0 spiro atoms. The molecule has 0 radical (unpaired) electrons. The van der Waals surface area contributed by atoms with Crippen LogP contribution in [0.15, 0.2) is 73.4 Å². The molecular formula is C46H58N10O10. The first-order valence-corrected chi connectivity index (χ1v) is 21.8. The Balaban J connectivity index is 1.33. The first-order chi connectivity index (χ1) is 31.5. The number of carboxylic acid groups (broad SMARTS) is 2. The maximum atomic E-state index is 14.1. The highest BCUT2D eigenvalue weighted by atomic mass is 16.4. The monoisotopic (exact) mass is 910 g/mol. The summed E-state index contributed by atoms with van der Waals surface area (Å²) in [6.07, 6.45) is 5.83. The number of aromatic amines is 3. The largest absolute Gasteiger partial charge is 0.481 e. The molecule has 20 heteroatoms. The van der Waals surface area contributed by atoms with Gasteiger partial charge < -0.3 is 57.1 Å². The van der Waals surface area contributed by atoms with Crippen molar-refractivity contribution in [2.24, 2.45) is 11.8 Å². The fourth-order valence-corrected chi connectivity index (χ4v) is 7.61. The summed E-state index contributed by atoms with van der Waals surface area (Å²) in [5, 5.41) is 37.2. The van der Waals surface area contributed by atoms with Crippen LogP contribution in [0.1, 0.15) is 70.7 Å². The Morgan fingerprint density at radius 2 is 1.03 bits per heavy atom. The van der Waals surface area contributed by atoms with Gasteiger partial charge in [0.05, 0.1) is 18.4 Å². The Bertz CT molecular complexity index is 2520. The van der Waals surface area contributed by atoms with Gasteiger partial charge in [-0.25, -0.2) is 9.78 Å². The number of H-pyrrole nitrogens is 3. The molecule has 5 rings (SSSR count). The van der Waals surface area contributed by atoms with Crippen molar-refractivity contribution in [1.82, 2.24) is 51.8 Å². The van der Waals surface area contributed by atoms with E-state index in [0.29, 0.717) is 29.7 Å². The number of fused-ring (bicyclic) bond motifs is 2. The first kappa shape index (κ1) is 49.5. The van der Waals surface area contributed by atoms with Crippen LogP contribution in [0, 0.1) is 11.8 Å². The number of carboxylic acids is 2. The molecule has 0 aliphatic carbocycles. The van der Waals surface area contributed by atoms with E-state index in [4.69, 9.17) is 0 Å². The van der Waals surface area contributed by atoms with Crippen molar-refractivity contribution in [2.45, 2.75) is 109 Å². The van der Waals surface area contributed by atoms with E-state index in [1.54, 1.807) is 40.1 Å². The Morgan fingerprint density at radius 3 is 1.52 bits per heavy atom. The van der Waals surface area contributed by atoms with Crippen molar-refractivity contribution >= 4 is 69.2 Å². The molecular weight excluding hydrogens is 853 g/mol. The van der Waals surface area contributed by atoms with Crippen LogP contribution < -0.4 is 31.9 Å². The lowest BCUT2D eigenvalue weighted by molar-refractivity contribution is -0.142. The Hall–Kier alpha value is -7.51. The number of carbonyl (C=O) groups excluding carboxylic acids is 6. The van der Waals surface area contributed by atoms with Crippen LogP contribution in [0.4, 0.5) is 0 Å². The molecule has 0 unspecified atom stereocenters. The quantitative estimate of drug-likeness (QED) is 0.0425. The van der Waals surface area contributed by atoms with Gasteiger partial charge in [0.25, 0.3) is 0 Å². The molecule has 0 bridgehead atoms. The smallest absolute Gasteiger partial charge is 0.326 e. The molecule has 66 heavy (non-hydrogen) atoms. The number of hydrogen-bond donors (Lipinski definition) is 11. The molecule has 3 aromatic heterocycles. The Labute approximate surface area is 380 Å². The molecule has 0 fully saturated rings. The van der Waals surface area contributed by atoms with Gasteiger partial charge in [-0.2, -0.15) is 0 Å². The highest BCUT2D eigenvalue weighted by molar-refractivity contribution is 5.98. The number of nitrogens with one attached hydrogen (secondary N) is 9. The number of nitrogens with zero attached hydrogens (tertiary/aromatic N) is 1. The molecule has 2 aromatic carbocycles. The van der Waals surface area contributed by atoms with Crippen LogP contribution >= 0.6 is 0 Å². The number of benzene rings is 2. The fraction of sp³-hybridized carbons (Fsp3) is 0.413. The summed E-state index contributed by atoms with van der Waals surface area (Å²) < 4.78 is 0. The summed E-state index contributed by atoms with van der Waals surface area (Å²) in [7, 11) is 0. The van der Waals surface area contributed by atoms with Gasteiger partial charge in [-0.15, -0.1) is 0 Å². The summed E-state index contributed by atoms with van der Waals surface area (Å²) in [6.45, 7) is 8.15. The fourth-order valence-electron chi connectivity index (χ4n) is 7.61. The molecule has 0 saturated heterocycles. The second-order valence-electron chi connectivity index (χ2n) is 16.5. The lowest BCUT2D eigenvalue weighted by Gasteiger charge is -2.30. The van der Waals surface area contributed by atoms with Gasteiger partial charge in [0, 0.05) is 66.6 Å². The average molecular weight is 911 g/mol. The van der Waals surface area contributed by atoms with Gasteiger partial charge in [0.15, 0.2) is 0 Å². The zero-order valence-corrected chi connectivity index (χ0v) is 37.4. The topological polar surface area (TPSA) is 309 Å². The molecule has 3 heterocycles. The molecule has 5 aromatic rings. The van der Waals surface area contributed by atoms with Crippen molar-refractivity contribution in [1.29, 1.82) is 0 Å². The van der Waals surface area contributed by atoms with Gasteiger partial charge in [0.2, 0.25) is 35.4 Å². The van der Waals surface area contributed by atoms with E-state index in [0.717, 1.165) is 21.8 Å². The number of amides is 6. The van der Waals surface area contributed by atoms with E-state index in [1.807, 2.05) is 48.5 Å². The second kappa shape index (κ2) is 22.9. The third-order valence-electron chi connectivity index (χ3n) is 11.7. The summed E-state index contributed by atoms with van der Waals surface area (Å²) in [5.41, 5.74) is 3.32. The third-order valence-corrected chi connectivity index (χ3v) is 11.7. The lowest BCUT2D eigenvalue weighted by atomic mass is 9.94. The number of aliphatic carboxylic acids is 2. The maximum absolute atomic E-state index is 14.1. The second-order valence-corrected chi connectivity index (χ2v) is 16.5. The van der Waals surface area contributed by atoms with Crippen LogP contribution in [0.25, 0.3) is 21.8 Å². The van der Waals surface area contributed by atoms with E-state index in [9.17, 15) is 48.6 Å². The van der Waals surface area contributed by atoms with Crippen LogP contribution in [-0.2, 0) is 57.6 Å². The SMILES string of the molecule is CC[C@H](C)[C@H](NC(=O)[C@H](CC(=O)O)NC(=O)[C@H](Cc1c[nH]cn1)NC(=O)[C@@H](Cc1c[nH]c2ccccc12)NC(C)=O)C(=O)N[C@H](C(=O)N[C@@H](Cc1c[nH]c2ccccc12)C(=O)O)[C@@H](C)CC. The van der Waals surface area contributed by atoms with Crippen molar-refractivity contribution in [3.05, 3.63) is 90.3 Å². The van der Waals surface area contributed by atoms with Crippen molar-refractivity contribution in [3.8, 4) is 0 Å². The minimum Gasteiger partial charge on any atom is -0.481 e. The summed E-state index contributed by atoms with van der Waals surface area (Å²) >= 11 is 0. The number of para-hydroxylation sites is 2. The summed E-state index contributed by atoms with van der Waals surface area (Å²) in [4.78, 5) is 120. The standard InChI is InChI=1S/C46H58N10O10/c1-6-24(3)39(44(63)54-37(46(65)66)17-28-21-49-33-15-11-9-13-31(28)33)56-45(64)40(25(4)7-2)55-43(62)36(19-38(58)59)53-42(61)35(18-29-22-47-23-50-29)52-41(60)34(51-26(5)57)16-27-20-48-32-14-10-8-12-30(27)32/h8-15,20-25,34-37,39-40,48-49H,6-7,16-19H2,1-5H3,(H,47,50)(H,51,57)(H,52,60)(H,53,61)(H,54,63)(H,55,62)(H,56,64)(H,58,59)(H,65,66)/t24-,25-,34+,35-,36-,37-,39-,40-/m0/s1. The van der Waals surface area contributed by atoms with Gasteiger partial charge in [-0.05, 0) is 35.1 Å².